The minimum atomic E-state index is -0.383. The Bertz CT molecular complexity index is 893. The molecule has 1 unspecified atom stereocenters. The molecule has 152 valence electrons. The fourth-order valence-electron chi connectivity index (χ4n) is 5.94. The summed E-state index contributed by atoms with van der Waals surface area (Å²) in [7, 11) is 0. The molecule has 0 bridgehead atoms. The van der Waals surface area contributed by atoms with Crippen LogP contribution in [0.1, 0.15) is 62.8 Å². The molecule has 2 amide bonds. The fraction of sp³-hybridized carbons (Fsp3) is 0.636. The smallest absolute Gasteiger partial charge is 0.245 e. The van der Waals surface area contributed by atoms with E-state index in [1.807, 2.05) is 15.9 Å². The molecule has 4 atom stereocenters. The molecule has 6 nitrogen and oxygen atoms in total. The Morgan fingerprint density at radius 2 is 2.07 bits per heavy atom. The number of rotatable bonds is 2. The third-order valence-electron chi connectivity index (χ3n) is 7.47. The van der Waals surface area contributed by atoms with Crippen molar-refractivity contribution in [3.8, 4) is 6.07 Å². The summed E-state index contributed by atoms with van der Waals surface area (Å²) in [5.74, 6) is -0.184. The molecule has 0 N–H and O–H groups in total. The number of fused-ring (bicyclic) bond motifs is 1. The van der Waals surface area contributed by atoms with Crippen LogP contribution in [0, 0.1) is 17.2 Å². The van der Waals surface area contributed by atoms with Crippen LogP contribution in [-0.4, -0.2) is 50.8 Å². The van der Waals surface area contributed by atoms with Crippen molar-refractivity contribution >= 4 is 23.4 Å². The van der Waals surface area contributed by atoms with Gasteiger partial charge in [0.15, 0.2) is 0 Å². The van der Waals surface area contributed by atoms with Crippen molar-refractivity contribution in [2.45, 2.75) is 74.9 Å². The Labute approximate surface area is 175 Å². The molecular formula is C22H25ClN4O2. The third-order valence-corrected chi connectivity index (χ3v) is 7.68. The summed E-state index contributed by atoms with van der Waals surface area (Å²) in [4.78, 5) is 34.5. The SMILES string of the molecule is N#C[C@@H]1C(c2cncc(Cl)c2)CN(C(=O)[C@@H]2CC[C@@H]3CCCCC(=O)N32)C12CC2. The number of nitriles is 1. The first-order valence-electron chi connectivity index (χ1n) is 10.7. The van der Waals surface area contributed by atoms with Gasteiger partial charge in [0, 0.05) is 37.3 Å². The van der Waals surface area contributed by atoms with E-state index >= 15 is 0 Å². The van der Waals surface area contributed by atoms with Crippen molar-refractivity contribution in [3.63, 3.8) is 0 Å². The van der Waals surface area contributed by atoms with E-state index in [1.165, 1.54) is 0 Å². The molecule has 0 aromatic carbocycles. The predicted molar refractivity (Wildman–Crippen MR) is 107 cm³/mol. The standard InChI is InChI=1S/C22H25ClN4O2/c23-15-9-14(11-25-12-15)17-13-26(22(7-8-22)18(17)10-24)21(29)19-6-5-16-3-1-2-4-20(28)27(16)19/h9,11-12,16-19H,1-8,13H2/t16-,17?,18+,19-/m0/s1. The fourth-order valence-corrected chi connectivity index (χ4v) is 6.12. The highest BCUT2D eigenvalue weighted by molar-refractivity contribution is 6.30. The molecular weight excluding hydrogens is 388 g/mol. The van der Waals surface area contributed by atoms with Gasteiger partial charge in [-0.05, 0) is 50.2 Å². The summed E-state index contributed by atoms with van der Waals surface area (Å²) in [5, 5.41) is 10.5. The van der Waals surface area contributed by atoms with Crippen molar-refractivity contribution in [3.05, 3.63) is 29.0 Å². The van der Waals surface area contributed by atoms with Crippen LogP contribution in [0.25, 0.3) is 0 Å². The zero-order chi connectivity index (χ0) is 20.2. The summed E-state index contributed by atoms with van der Waals surface area (Å²) in [5.41, 5.74) is 0.534. The van der Waals surface area contributed by atoms with E-state index in [-0.39, 0.29) is 41.3 Å². The minimum absolute atomic E-state index is 0.0398. The second-order valence-corrected chi connectivity index (χ2v) is 9.43. The largest absolute Gasteiger partial charge is 0.333 e. The number of hydrogen-bond acceptors (Lipinski definition) is 4. The van der Waals surface area contributed by atoms with Crippen molar-refractivity contribution in [1.82, 2.24) is 14.8 Å². The van der Waals surface area contributed by atoms with Gasteiger partial charge in [-0.15, -0.1) is 0 Å². The van der Waals surface area contributed by atoms with E-state index in [4.69, 9.17) is 11.6 Å². The second-order valence-electron chi connectivity index (χ2n) is 9.00. The van der Waals surface area contributed by atoms with E-state index in [0.29, 0.717) is 18.0 Å². The minimum Gasteiger partial charge on any atom is -0.333 e. The van der Waals surface area contributed by atoms with Crippen molar-refractivity contribution < 1.29 is 9.59 Å². The molecule has 0 radical (unpaired) electrons. The molecule has 1 aromatic rings. The Balaban J connectivity index is 1.44. The number of aromatic nitrogens is 1. The molecule has 3 aliphatic heterocycles. The van der Waals surface area contributed by atoms with E-state index < -0.39 is 0 Å². The highest BCUT2D eigenvalue weighted by atomic mass is 35.5. The van der Waals surface area contributed by atoms with Crippen molar-refractivity contribution in [1.29, 1.82) is 5.26 Å². The number of hydrogen-bond donors (Lipinski definition) is 0. The zero-order valence-electron chi connectivity index (χ0n) is 16.4. The maximum Gasteiger partial charge on any atom is 0.245 e. The lowest BCUT2D eigenvalue weighted by atomic mass is 9.85. The lowest BCUT2D eigenvalue weighted by Crippen LogP contribution is -2.52. The maximum absolute atomic E-state index is 13.7. The van der Waals surface area contributed by atoms with Crippen LogP contribution in [0.15, 0.2) is 18.5 Å². The first-order chi connectivity index (χ1) is 14.0. The number of pyridine rings is 1. The van der Waals surface area contributed by atoms with Crippen LogP contribution in [0.4, 0.5) is 0 Å². The average Bonchev–Trinajstić information content (AvgIpc) is 3.32. The van der Waals surface area contributed by atoms with Gasteiger partial charge in [-0.2, -0.15) is 5.26 Å². The second kappa shape index (κ2) is 6.98. The summed E-state index contributed by atoms with van der Waals surface area (Å²) in [6, 6.07) is 4.19. The molecule has 4 fully saturated rings. The predicted octanol–water partition coefficient (Wildman–Crippen LogP) is 3.27. The van der Waals surface area contributed by atoms with Gasteiger partial charge in [-0.3, -0.25) is 14.6 Å². The average molecular weight is 413 g/mol. The van der Waals surface area contributed by atoms with Gasteiger partial charge in [0.2, 0.25) is 11.8 Å². The van der Waals surface area contributed by atoms with Crippen LogP contribution >= 0.6 is 11.6 Å². The summed E-state index contributed by atoms with van der Waals surface area (Å²) >= 11 is 6.14. The van der Waals surface area contributed by atoms with E-state index in [0.717, 1.165) is 50.5 Å². The van der Waals surface area contributed by atoms with Gasteiger partial charge >= 0.3 is 0 Å². The number of carbonyl (C=O) groups excluding carboxylic acids is 2. The molecule has 4 heterocycles. The Kier molecular flexibility index (Phi) is 4.54. The van der Waals surface area contributed by atoms with Gasteiger partial charge in [0.1, 0.15) is 6.04 Å². The molecule has 7 heteroatoms. The lowest BCUT2D eigenvalue weighted by molar-refractivity contribution is -0.146. The zero-order valence-corrected chi connectivity index (χ0v) is 17.1. The van der Waals surface area contributed by atoms with Gasteiger partial charge in [-0.1, -0.05) is 18.0 Å². The number of amides is 2. The van der Waals surface area contributed by atoms with E-state index in [1.54, 1.807) is 12.4 Å². The molecule has 4 aliphatic rings. The number of nitrogens with zero attached hydrogens (tertiary/aromatic N) is 4. The van der Waals surface area contributed by atoms with Gasteiger partial charge in [-0.25, -0.2) is 0 Å². The maximum atomic E-state index is 13.7. The topological polar surface area (TPSA) is 77.3 Å². The van der Waals surface area contributed by atoms with Gasteiger partial charge in [0.25, 0.3) is 0 Å². The molecule has 1 saturated carbocycles. The molecule has 29 heavy (non-hydrogen) atoms. The molecule has 1 aliphatic carbocycles. The Morgan fingerprint density at radius 1 is 1.24 bits per heavy atom. The number of likely N-dealkylation sites (tertiary alicyclic amines) is 1. The van der Waals surface area contributed by atoms with Crippen LogP contribution < -0.4 is 0 Å². The Morgan fingerprint density at radius 3 is 2.79 bits per heavy atom. The summed E-state index contributed by atoms with van der Waals surface area (Å²) in [6.07, 6.45) is 10.2. The lowest BCUT2D eigenvalue weighted by Gasteiger charge is -2.34. The van der Waals surface area contributed by atoms with Gasteiger partial charge < -0.3 is 9.80 Å². The first kappa shape index (κ1) is 18.9. The molecule has 1 aromatic heterocycles. The van der Waals surface area contributed by atoms with E-state index in [2.05, 4.69) is 11.1 Å². The highest BCUT2D eigenvalue weighted by Crippen LogP contribution is 2.58. The van der Waals surface area contributed by atoms with Crippen molar-refractivity contribution in [2.24, 2.45) is 5.92 Å². The summed E-state index contributed by atoms with van der Waals surface area (Å²) < 4.78 is 0. The molecule has 3 saturated heterocycles. The molecule has 5 rings (SSSR count). The van der Waals surface area contributed by atoms with Crippen LogP contribution in [0.5, 0.6) is 0 Å². The van der Waals surface area contributed by atoms with Crippen molar-refractivity contribution in [2.75, 3.05) is 6.54 Å². The van der Waals surface area contributed by atoms with Crippen LogP contribution in [-0.2, 0) is 9.59 Å². The first-order valence-corrected chi connectivity index (χ1v) is 11.1. The summed E-state index contributed by atoms with van der Waals surface area (Å²) in [6.45, 7) is 0.502. The number of halogens is 1. The Hall–Kier alpha value is -2.13. The number of carbonyl (C=O) groups is 2. The molecule has 1 spiro atoms. The quantitative estimate of drug-likeness (QED) is 0.746. The van der Waals surface area contributed by atoms with Gasteiger partial charge in [0.05, 0.1) is 22.5 Å². The highest BCUT2D eigenvalue weighted by Gasteiger charge is 2.64. The van der Waals surface area contributed by atoms with E-state index in [9.17, 15) is 14.9 Å². The van der Waals surface area contributed by atoms with Crippen LogP contribution in [0.2, 0.25) is 5.02 Å². The monoisotopic (exact) mass is 412 g/mol. The normalized spacial score (nSPS) is 32.8. The third kappa shape index (κ3) is 2.93. The van der Waals surface area contributed by atoms with Crippen LogP contribution in [0.3, 0.4) is 0 Å².